The van der Waals surface area contributed by atoms with Crippen molar-refractivity contribution in [1.82, 2.24) is 9.88 Å². The summed E-state index contributed by atoms with van der Waals surface area (Å²) in [7, 11) is 0. The van der Waals surface area contributed by atoms with Gasteiger partial charge in [-0.05, 0) is 68.0 Å². The van der Waals surface area contributed by atoms with Crippen LogP contribution in [0.3, 0.4) is 0 Å². The van der Waals surface area contributed by atoms with E-state index in [1.54, 1.807) is 12.1 Å². The van der Waals surface area contributed by atoms with Gasteiger partial charge in [0.05, 0.1) is 5.69 Å². The maximum Gasteiger partial charge on any atom is 0.335 e. The molecule has 0 saturated carbocycles. The molecule has 1 aliphatic heterocycles. The molecule has 1 aliphatic rings. The molecular weight excluding hydrogens is 421 g/mol. The maximum absolute atomic E-state index is 13.6. The number of carbonyl (C=O) groups is 3. The molecule has 1 N–H and O–H groups in total. The maximum atomic E-state index is 13.6. The number of nitrogens with one attached hydrogen (secondary N) is 1. The average molecular weight is 438 g/mol. The van der Waals surface area contributed by atoms with Crippen LogP contribution in [0, 0.1) is 19.7 Å². The van der Waals surface area contributed by atoms with E-state index in [-0.39, 0.29) is 11.3 Å². The highest BCUT2D eigenvalue weighted by Crippen LogP contribution is 2.27. The fourth-order valence-electron chi connectivity index (χ4n) is 3.61. The first kappa shape index (κ1) is 20.6. The molecule has 31 heavy (non-hydrogen) atoms. The molecule has 4 rings (SSSR count). The van der Waals surface area contributed by atoms with Crippen LogP contribution in [0.5, 0.6) is 0 Å². The first-order valence-electron chi connectivity index (χ1n) is 9.38. The summed E-state index contributed by atoms with van der Waals surface area (Å²) >= 11 is 6.11. The molecule has 3 aromatic rings. The molecule has 8 heteroatoms. The van der Waals surface area contributed by atoms with E-state index in [1.165, 1.54) is 24.3 Å². The number of barbiturate groups is 1. The van der Waals surface area contributed by atoms with Gasteiger partial charge in [-0.2, -0.15) is 0 Å². The Morgan fingerprint density at radius 2 is 1.68 bits per heavy atom. The molecule has 1 aromatic heterocycles. The van der Waals surface area contributed by atoms with Gasteiger partial charge in [0, 0.05) is 22.1 Å². The third-order valence-electron chi connectivity index (χ3n) is 5.00. The third-order valence-corrected chi connectivity index (χ3v) is 5.24. The van der Waals surface area contributed by atoms with Crippen molar-refractivity contribution in [2.75, 3.05) is 4.90 Å². The van der Waals surface area contributed by atoms with Gasteiger partial charge in [-0.15, -0.1) is 0 Å². The van der Waals surface area contributed by atoms with Gasteiger partial charge in [0.2, 0.25) is 0 Å². The Morgan fingerprint density at radius 1 is 0.968 bits per heavy atom. The minimum Gasteiger partial charge on any atom is -0.318 e. The first-order valence-corrected chi connectivity index (χ1v) is 9.76. The number of rotatable bonds is 3. The summed E-state index contributed by atoms with van der Waals surface area (Å²) in [5.74, 6) is -2.24. The normalized spacial score (nSPS) is 15.5. The van der Waals surface area contributed by atoms with Gasteiger partial charge in [0.15, 0.2) is 0 Å². The predicted octanol–water partition coefficient (Wildman–Crippen LogP) is 4.55. The van der Waals surface area contributed by atoms with E-state index < -0.39 is 23.7 Å². The molecule has 6 nitrogen and oxygen atoms in total. The summed E-state index contributed by atoms with van der Waals surface area (Å²) < 4.78 is 15.6. The fraction of sp³-hybridized carbons (Fsp3) is 0.0870. The van der Waals surface area contributed by atoms with Crippen molar-refractivity contribution < 1.29 is 18.8 Å². The number of hydrogen-bond acceptors (Lipinski definition) is 3. The minimum absolute atomic E-state index is 0.0327. The van der Waals surface area contributed by atoms with Crippen LogP contribution in [0.25, 0.3) is 11.8 Å². The van der Waals surface area contributed by atoms with Crippen LogP contribution in [0.15, 0.2) is 60.2 Å². The number of aryl methyl sites for hydroxylation is 1. The number of imide groups is 2. The molecule has 0 radical (unpaired) electrons. The lowest BCUT2D eigenvalue weighted by Crippen LogP contribution is -2.54. The van der Waals surface area contributed by atoms with E-state index in [2.05, 4.69) is 5.32 Å². The molecule has 4 amide bonds. The second-order valence-corrected chi connectivity index (χ2v) is 7.52. The van der Waals surface area contributed by atoms with E-state index in [0.717, 1.165) is 28.0 Å². The van der Waals surface area contributed by atoms with E-state index in [0.29, 0.717) is 10.6 Å². The Morgan fingerprint density at radius 3 is 2.39 bits per heavy atom. The van der Waals surface area contributed by atoms with Crippen molar-refractivity contribution in [2.24, 2.45) is 0 Å². The number of nitrogens with zero attached hydrogens (tertiary/aromatic N) is 2. The zero-order chi connectivity index (χ0) is 22.3. The Bertz CT molecular complexity index is 1280. The number of urea groups is 1. The number of hydrogen-bond donors (Lipinski definition) is 1. The number of halogens is 2. The molecule has 0 bridgehead atoms. The van der Waals surface area contributed by atoms with Crippen molar-refractivity contribution in [3.63, 3.8) is 0 Å². The van der Waals surface area contributed by atoms with E-state index in [1.807, 2.05) is 36.6 Å². The molecular formula is C23H17ClFN3O3. The van der Waals surface area contributed by atoms with Crippen LogP contribution in [0.1, 0.15) is 17.0 Å². The summed E-state index contributed by atoms with van der Waals surface area (Å²) in [6, 6.07) is 13.2. The minimum atomic E-state index is -0.929. The number of anilines is 1. The summed E-state index contributed by atoms with van der Waals surface area (Å²) in [6.07, 6.45) is 1.43. The standard InChI is InChI=1S/C23H17ClFN3O3/c1-13-9-15(14(2)27(13)18-7-3-5-16(24)11-18)10-20-21(29)26-23(31)28(22(20)30)19-8-4-6-17(25)12-19/h3-12H,1-2H3,(H,26,29,31)/b20-10+. The van der Waals surface area contributed by atoms with Crippen LogP contribution in [-0.4, -0.2) is 22.4 Å². The van der Waals surface area contributed by atoms with Crippen molar-refractivity contribution in [1.29, 1.82) is 0 Å². The number of carbonyl (C=O) groups excluding carboxylic acids is 3. The van der Waals surface area contributed by atoms with E-state index in [4.69, 9.17) is 11.6 Å². The van der Waals surface area contributed by atoms with Crippen molar-refractivity contribution in [2.45, 2.75) is 13.8 Å². The lowest BCUT2D eigenvalue weighted by molar-refractivity contribution is -0.122. The van der Waals surface area contributed by atoms with Gasteiger partial charge in [-0.3, -0.25) is 14.9 Å². The first-order chi connectivity index (χ1) is 14.8. The lowest BCUT2D eigenvalue weighted by atomic mass is 10.1. The van der Waals surface area contributed by atoms with Crippen molar-refractivity contribution in [3.05, 3.63) is 88.0 Å². The van der Waals surface area contributed by atoms with Crippen LogP contribution in [-0.2, 0) is 9.59 Å². The Hall–Kier alpha value is -3.71. The summed E-state index contributed by atoms with van der Waals surface area (Å²) in [5.41, 5.74) is 2.92. The molecule has 0 aliphatic carbocycles. The summed E-state index contributed by atoms with van der Waals surface area (Å²) in [6.45, 7) is 3.74. The molecule has 156 valence electrons. The van der Waals surface area contributed by atoms with Crippen LogP contribution in [0.4, 0.5) is 14.9 Å². The largest absolute Gasteiger partial charge is 0.335 e. The zero-order valence-corrected chi connectivity index (χ0v) is 17.4. The van der Waals surface area contributed by atoms with Gasteiger partial charge in [-0.1, -0.05) is 23.7 Å². The highest BCUT2D eigenvalue weighted by molar-refractivity contribution is 6.39. The Kier molecular flexibility index (Phi) is 5.20. The fourth-order valence-corrected chi connectivity index (χ4v) is 3.79. The SMILES string of the molecule is Cc1cc(/C=C2\C(=O)NC(=O)N(c3cccc(F)c3)C2=O)c(C)n1-c1cccc(Cl)c1. The molecule has 1 fully saturated rings. The van der Waals surface area contributed by atoms with E-state index in [9.17, 15) is 18.8 Å². The highest BCUT2D eigenvalue weighted by atomic mass is 35.5. The van der Waals surface area contributed by atoms with Crippen LogP contribution < -0.4 is 10.2 Å². The van der Waals surface area contributed by atoms with Gasteiger partial charge in [0.1, 0.15) is 11.4 Å². The third kappa shape index (κ3) is 3.75. The number of aromatic nitrogens is 1. The molecule has 1 saturated heterocycles. The van der Waals surface area contributed by atoms with Crippen LogP contribution >= 0.6 is 11.6 Å². The molecule has 0 atom stereocenters. The molecule has 0 spiro atoms. The van der Waals surface area contributed by atoms with Gasteiger partial charge in [-0.25, -0.2) is 14.1 Å². The van der Waals surface area contributed by atoms with Crippen molar-refractivity contribution >= 4 is 41.2 Å². The smallest absolute Gasteiger partial charge is 0.318 e. The predicted molar refractivity (Wildman–Crippen MR) is 116 cm³/mol. The number of amides is 4. The van der Waals surface area contributed by atoms with Gasteiger partial charge < -0.3 is 4.57 Å². The lowest BCUT2D eigenvalue weighted by Gasteiger charge is -2.26. The second-order valence-electron chi connectivity index (χ2n) is 7.08. The van der Waals surface area contributed by atoms with Gasteiger partial charge in [0.25, 0.3) is 11.8 Å². The zero-order valence-electron chi connectivity index (χ0n) is 16.6. The summed E-state index contributed by atoms with van der Waals surface area (Å²) in [4.78, 5) is 38.5. The Labute approximate surface area is 182 Å². The quantitative estimate of drug-likeness (QED) is 0.482. The number of benzene rings is 2. The molecule has 2 aromatic carbocycles. The summed E-state index contributed by atoms with van der Waals surface area (Å²) in [5, 5.41) is 2.72. The van der Waals surface area contributed by atoms with Crippen LogP contribution in [0.2, 0.25) is 5.02 Å². The van der Waals surface area contributed by atoms with Gasteiger partial charge >= 0.3 is 6.03 Å². The Balaban J connectivity index is 1.77. The van der Waals surface area contributed by atoms with E-state index >= 15 is 0 Å². The molecule has 0 unspecified atom stereocenters. The van der Waals surface area contributed by atoms with Crippen molar-refractivity contribution in [3.8, 4) is 5.69 Å². The monoisotopic (exact) mass is 437 g/mol. The molecule has 2 heterocycles. The highest BCUT2D eigenvalue weighted by Gasteiger charge is 2.37. The average Bonchev–Trinajstić information content (AvgIpc) is 2.98. The topological polar surface area (TPSA) is 71.4 Å². The second kappa shape index (κ2) is 7.85.